The van der Waals surface area contributed by atoms with Crippen molar-refractivity contribution in [1.29, 1.82) is 0 Å². The lowest BCUT2D eigenvalue weighted by atomic mass is 10.2. The van der Waals surface area contributed by atoms with Gasteiger partial charge in [-0.15, -0.1) is 0 Å². The molecule has 3 nitrogen and oxygen atoms in total. The predicted octanol–water partition coefficient (Wildman–Crippen LogP) is 1.22. The maximum absolute atomic E-state index is 9.09. The smallest absolute Gasteiger partial charge is 0.169 e. The van der Waals surface area contributed by atoms with Crippen LogP contribution >= 0.6 is 0 Å². The number of ether oxygens (including phenoxy) is 1. The molecule has 0 spiro atoms. The summed E-state index contributed by atoms with van der Waals surface area (Å²) >= 11 is 0. The third kappa shape index (κ3) is 1.37. The number of aromatic hydroxyl groups is 2. The molecule has 0 aliphatic heterocycles. The fraction of sp³-hybridized carbons (Fsp3) is 0.250. The van der Waals surface area contributed by atoms with Crippen LogP contribution in [0, 0.1) is 13.0 Å². The molecule has 59 valence electrons. The second-order valence-corrected chi connectivity index (χ2v) is 2.22. The molecule has 1 rings (SSSR count). The third-order valence-electron chi connectivity index (χ3n) is 1.41. The van der Waals surface area contributed by atoms with Crippen LogP contribution < -0.4 is 4.74 Å². The molecule has 0 fully saturated rings. The van der Waals surface area contributed by atoms with Crippen LogP contribution in [0.1, 0.15) is 5.56 Å². The van der Waals surface area contributed by atoms with E-state index in [2.05, 4.69) is 6.07 Å². The second-order valence-electron chi connectivity index (χ2n) is 2.22. The highest BCUT2D eigenvalue weighted by atomic mass is 16.5. The van der Waals surface area contributed by atoms with Gasteiger partial charge in [-0.05, 0) is 18.6 Å². The first-order valence-corrected chi connectivity index (χ1v) is 3.14. The molecular formula is C8H9O3. The fourth-order valence-corrected chi connectivity index (χ4v) is 0.774. The van der Waals surface area contributed by atoms with Crippen molar-refractivity contribution in [2.75, 3.05) is 7.11 Å². The number of hydrogen-bond donors (Lipinski definition) is 2. The van der Waals surface area contributed by atoms with Gasteiger partial charge in [0.05, 0.1) is 13.2 Å². The van der Waals surface area contributed by atoms with Crippen molar-refractivity contribution in [2.45, 2.75) is 6.92 Å². The van der Waals surface area contributed by atoms with Gasteiger partial charge < -0.3 is 14.9 Å². The molecule has 0 amide bonds. The maximum atomic E-state index is 9.09. The van der Waals surface area contributed by atoms with Crippen molar-refractivity contribution in [1.82, 2.24) is 0 Å². The highest BCUT2D eigenvalue weighted by molar-refractivity contribution is 5.48. The van der Waals surface area contributed by atoms with Crippen molar-refractivity contribution in [2.24, 2.45) is 0 Å². The number of phenolic OH excluding ortho intramolecular Hbond substituents is 2. The maximum Gasteiger partial charge on any atom is 0.169 e. The quantitative estimate of drug-likeness (QED) is 0.596. The van der Waals surface area contributed by atoms with Crippen LogP contribution in [-0.4, -0.2) is 17.3 Å². The minimum atomic E-state index is -0.276. The summed E-state index contributed by atoms with van der Waals surface area (Å²) in [7, 11) is 1.47. The van der Waals surface area contributed by atoms with E-state index >= 15 is 0 Å². The van der Waals surface area contributed by atoms with Crippen molar-refractivity contribution in [3.05, 3.63) is 17.7 Å². The lowest BCUT2D eigenvalue weighted by Crippen LogP contribution is -1.84. The zero-order valence-corrected chi connectivity index (χ0v) is 6.38. The van der Waals surface area contributed by atoms with Gasteiger partial charge in [0.25, 0.3) is 0 Å². The Morgan fingerprint density at radius 1 is 1.45 bits per heavy atom. The topological polar surface area (TPSA) is 49.7 Å². The van der Waals surface area contributed by atoms with Crippen LogP contribution in [-0.2, 0) is 0 Å². The molecule has 0 bridgehead atoms. The first kappa shape index (κ1) is 7.72. The van der Waals surface area contributed by atoms with E-state index in [4.69, 9.17) is 14.9 Å². The molecular weight excluding hydrogens is 144 g/mol. The van der Waals surface area contributed by atoms with Gasteiger partial charge in [-0.2, -0.15) is 0 Å². The number of rotatable bonds is 1. The van der Waals surface area contributed by atoms with Crippen LogP contribution in [0.3, 0.4) is 0 Å². The highest BCUT2D eigenvalue weighted by Crippen LogP contribution is 2.31. The molecule has 3 heteroatoms. The molecule has 2 N–H and O–H groups in total. The average Bonchev–Trinajstić information content (AvgIpc) is 1.99. The molecule has 0 aromatic heterocycles. The van der Waals surface area contributed by atoms with Gasteiger partial charge in [-0.25, -0.2) is 0 Å². The van der Waals surface area contributed by atoms with Crippen molar-refractivity contribution in [3.63, 3.8) is 0 Å². The van der Waals surface area contributed by atoms with Crippen LogP contribution in [0.25, 0.3) is 0 Å². The summed E-state index contributed by atoms with van der Waals surface area (Å²) in [5.41, 5.74) is 0.568. The van der Waals surface area contributed by atoms with Gasteiger partial charge in [0.15, 0.2) is 11.5 Å². The van der Waals surface area contributed by atoms with Gasteiger partial charge in [-0.3, -0.25) is 0 Å². The Bertz CT molecular complexity index is 245. The Balaban J connectivity index is 3.21. The molecule has 0 saturated carbocycles. The normalized spacial score (nSPS) is 9.64. The first-order valence-electron chi connectivity index (χ1n) is 3.14. The standard InChI is InChI=1S/C8H9O3/c1-5-3-6(11-2)4-7(9)8(5)10/h3,9-10H,1-2H3. The molecule has 1 radical (unpaired) electrons. The minimum Gasteiger partial charge on any atom is -0.504 e. The number of hydrogen-bond acceptors (Lipinski definition) is 3. The van der Waals surface area contributed by atoms with E-state index < -0.39 is 0 Å². The van der Waals surface area contributed by atoms with Crippen molar-refractivity contribution < 1.29 is 14.9 Å². The average molecular weight is 153 g/mol. The summed E-state index contributed by atoms with van der Waals surface area (Å²) in [6.07, 6.45) is 0. The lowest BCUT2D eigenvalue weighted by molar-refractivity contribution is 0.382. The van der Waals surface area contributed by atoms with Crippen LogP contribution in [0.5, 0.6) is 17.2 Å². The van der Waals surface area contributed by atoms with Gasteiger partial charge in [0.2, 0.25) is 0 Å². The van der Waals surface area contributed by atoms with E-state index in [9.17, 15) is 0 Å². The second kappa shape index (κ2) is 2.70. The van der Waals surface area contributed by atoms with Gasteiger partial charge in [-0.1, -0.05) is 0 Å². The van der Waals surface area contributed by atoms with Gasteiger partial charge in [0.1, 0.15) is 5.75 Å². The number of methoxy groups -OCH3 is 1. The Hall–Kier alpha value is -1.38. The van der Waals surface area contributed by atoms with E-state index in [1.165, 1.54) is 7.11 Å². The molecule has 11 heavy (non-hydrogen) atoms. The van der Waals surface area contributed by atoms with E-state index in [0.29, 0.717) is 11.3 Å². The molecule has 0 heterocycles. The number of phenols is 2. The summed E-state index contributed by atoms with van der Waals surface area (Å²) in [6.45, 7) is 1.67. The monoisotopic (exact) mass is 153 g/mol. The van der Waals surface area contributed by atoms with Crippen molar-refractivity contribution in [3.8, 4) is 17.2 Å². The number of aryl methyl sites for hydroxylation is 1. The lowest BCUT2D eigenvalue weighted by Gasteiger charge is -2.03. The van der Waals surface area contributed by atoms with E-state index in [1.807, 2.05) is 0 Å². The molecule has 1 aromatic rings. The molecule has 0 unspecified atom stereocenters. The van der Waals surface area contributed by atoms with E-state index in [0.717, 1.165) is 0 Å². The molecule has 0 atom stereocenters. The molecule has 0 aliphatic carbocycles. The Morgan fingerprint density at radius 3 is 2.55 bits per heavy atom. The summed E-state index contributed by atoms with van der Waals surface area (Å²) in [5, 5.41) is 18.1. The summed E-state index contributed by atoms with van der Waals surface area (Å²) in [6, 6.07) is 4.04. The van der Waals surface area contributed by atoms with Crippen LogP contribution in [0.4, 0.5) is 0 Å². The van der Waals surface area contributed by atoms with Gasteiger partial charge >= 0.3 is 0 Å². The zero-order valence-electron chi connectivity index (χ0n) is 6.38. The van der Waals surface area contributed by atoms with Crippen molar-refractivity contribution >= 4 is 0 Å². The zero-order chi connectivity index (χ0) is 8.43. The summed E-state index contributed by atoms with van der Waals surface area (Å²) < 4.78 is 4.80. The summed E-state index contributed by atoms with van der Waals surface area (Å²) in [4.78, 5) is 0. The minimum absolute atomic E-state index is 0.147. The molecule has 0 saturated heterocycles. The third-order valence-corrected chi connectivity index (χ3v) is 1.41. The molecule has 1 aromatic carbocycles. The van der Waals surface area contributed by atoms with Gasteiger partial charge in [0, 0.05) is 0 Å². The fourth-order valence-electron chi connectivity index (χ4n) is 0.774. The summed E-state index contributed by atoms with van der Waals surface area (Å²) in [5.74, 6) is -0.00884. The van der Waals surface area contributed by atoms with Crippen LogP contribution in [0.15, 0.2) is 6.07 Å². The Labute approximate surface area is 64.9 Å². The first-order chi connectivity index (χ1) is 5.15. The van der Waals surface area contributed by atoms with Crippen LogP contribution in [0.2, 0.25) is 0 Å². The Kier molecular flexibility index (Phi) is 1.89. The number of benzene rings is 1. The predicted molar refractivity (Wildman–Crippen MR) is 39.9 cm³/mol. The highest BCUT2D eigenvalue weighted by Gasteiger charge is 2.05. The molecule has 0 aliphatic rings. The Morgan fingerprint density at radius 2 is 2.09 bits per heavy atom. The van der Waals surface area contributed by atoms with E-state index in [1.54, 1.807) is 13.0 Å². The SMILES string of the molecule is COc1[c]c(O)c(O)c(C)c1. The largest absolute Gasteiger partial charge is 0.504 e. The van der Waals surface area contributed by atoms with E-state index in [-0.39, 0.29) is 11.5 Å².